The zero-order valence-corrected chi connectivity index (χ0v) is 9.26. The van der Waals surface area contributed by atoms with Crippen molar-refractivity contribution in [1.82, 2.24) is 0 Å². The first-order chi connectivity index (χ1) is 6.96. The Labute approximate surface area is 88.9 Å². The first kappa shape index (κ1) is 12.8. The molecule has 0 radical (unpaired) electrons. The van der Waals surface area contributed by atoms with Crippen molar-refractivity contribution in [2.24, 2.45) is 5.73 Å². The normalized spacial score (nSPS) is 31.6. The molecule has 15 heavy (non-hydrogen) atoms. The zero-order valence-electron chi connectivity index (χ0n) is 9.26. The molecule has 0 aromatic rings. The maximum atomic E-state index is 12.9. The molecule has 0 saturated carbocycles. The maximum Gasteiger partial charge on any atom is 0.258 e. The number of halogens is 2. The predicted octanol–water partition coefficient (Wildman–Crippen LogP) is 1.55. The standard InChI is InChI=1S/C10H19F2NO2/c1-9(13,8(11)12)10(7-14-2)5-3-4-6-15-10/h8H,3-7,13H2,1-2H3. The number of hydrogen-bond donors (Lipinski definition) is 1. The van der Waals surface area contributed by atoms with Gasteiger partial charge in [-0.2, -0.15) is 0 Å². The van der Waals surface area contributed by atoms with Gasteiger partial charge in [0.05, 0.1) is 6.61 Å². The predicted molar refractivity (Wildman–Crippen MR) is 53.0 cm³/mol. The number of methoxy groups -OCH3 is 1. The van der Waals surface area contributed by atoms with Gasteiger partial charge in [0.25, 0.3) is 6.43 Å². The summed E-state index contributed by atoms with van der Waals surface area (Å²) < 4.78 is 36.3. The van der Waals surface area contributed by atoms with E-state index in [9.17, 15) is 8.78 Å². The number of alkyl halides is 2. The van der Waals surface area contributed by atoms with Crippen molar-refractivity contribution in [3.63, 3.8) is 0 Å². The Kier molecular flexibility index (Phi) is 4.03. The van der Waals surface area contributed by atoms with E-state index in [1.807, 2.05) is 0 Å². The summed E-state index contributed by atoms with van der Waals surface area (Å²) in [6, 6.07) is 0. The molecule has 1 aliphatic rings. The summed E-state index contributed by atoms with van der Waals surface area (Å²) in [6.07, 6.45) is -0.350. The minimum Gasteiger partial charge on any atom is -0.382 e. The molecule has 1 saturated heterocycles. The third-order valence-electron chi connectivity index (χ3n) is 3.17. The molecule has 2 atom stereocenters. The number of ether oxygens (including phenoxy) is 2. The molecular weight excluding hydrogens is 204 g/mol. The van der Waals surface area contributed by atoms with Crippen LogP contribution >= 0.6 is 0 Å². The number of hydrogen-bond acceptors (Lipinski definition) is 3. The molecule has 0 spiro atoms. The van der Waals surface area contributed by atoms with Crippen molar-refractivity contribution in [3.8, 4) is 0 Å². The largest absolute Gasteiger partial charge is 0.382 e. The minimum absolute atomic E-state index is 0.115. The highest BCUT2D eigenvalue weighted by atomic mass is 19.3. The Morgan fingerprint density at radius 3 is 2.60 bits per heavy atom. The molecule has 3 nitrogen and oxygen atoms in total. The smallest absolute Gasteiger partial charge is 0.258 e. The van der Waals surface area contributed by atoms with Crippen LogP contribution in [0.1, 0.15) is 26.2 Å². The van der Waals surface area contributed by atoms with Crippen molar-refractivity contribution < 1.29 is 18.3 Å². The van der Waals surface area contributed by atoms with Gasteiger partial charge in [0.2, 0.25) is 0 Å². The van der Waals surface area contributed by atoms with Gasteiger partial charge in [0, 0.05) is 13.7 Å². The summed E-state index contributed by atoms with van der Waals surface area (Å²) >= 11 is 0. The Balaban J connectivity index is 2.88. The highest BCUT2D eigenvalue weighted by molar-refractivity contribution is 5.05. The van der Waals surface area contributed by atoms with Gasteiger partial charge in [-0.25, -0.2) is 8.78 Å². The van der Waals surface area contributed by atoms with Gasteiger partial charge in [0.15, 0.2) is 0 Å². The van der Waals surface area contributed by atoms with Crippen molar-refractivity contribution in [2.75, 3.05) is 20.3 Å². The van der Waals surface area contributed by atoms with Crippen LogP contribution in [0.15, 0.2) is 0 Å². The molecule has 0 amide bonds. The van der Waals surface area contributed by atoms with E-state index in [1.165, 1.54) is 14.0 Å². The first-order valence-electron chi connectivity index (χ1n) is 5.16. The molecule has 1 aliphatic heterocycles. The fourth-order valence-electron chi connectivity index (χ4n) is 1.98. The quantitative estimate of drug-likeness (QED) is 0.786. The van der Waals surface area contributed by atoms with E-state index in [0.29, 0.717) is 13.0 Å². The monoisotopic (exact) mass is 223 g/mol. The van der Waals surface area contributed by atoms with Crippen LogP contribution in [0.5, 0.6) is 0 Å². The second kappa shape index (κ2) is 4.72. The second-order valence-corrected chi connectivity index (χ2v) is 4.32. The Morgan fingerprint density at radius 2 is 2.20 bits per heavy atom. The summed E-state index contributed by atoms with van der Waals surface area (Å²) in [5, 5.41) is 0. The van der Waals surface area contributed by atoms with Gasteiger partial charge in [0.1, 0.15) is 11.1 Å². The lowest BCUT2D eigenvalue weighted by atomic mass is 9.77. The molecule has 0 aromatic heterocycles. The Bertz CT molecular complexity index is 198. The molecule has 5 heteroatoms. The second-order valence-electron chi connectivity index (χ2n) is 4.32. The van der Waals surface area contributed by atoms with Crippen LogP contribution in [0.25, 0.3) is 0 Å². The lowest BCUT2D eigenvalue weighted by molar-refractivity contribution is -0.183. The van der Waals surface area contributed by atoms with Gasteiger partial charge < -0.3 is 15.2 Å². The van der Waals surface area contributed by atoms with E-state index in [1.54, 1.807) is 0 Å². The number of nitrogens with two attached hydrogens (primary N) is 1. The van der Waals surface area contributed by atoms with Crippen molar-refractivity contribution in [3.05, 3.63) is 0 Å². The van der Waals surface area contributed by atoms with Gasteiger partial charge >= 0.3 is 0 Å². The van der Waals surface area contributed by atoms with E-state index < -0.39 is 17.6 Å². The van der Waals surface area contributed by atoms with Crippen LogP contribution < -0.4 is 5.73 Å². The molecule has 2 N–H and O–H groups in total. The molecule has 1 heterocycles. The van der Waals surface area contributed by atoms with Crippen molar-refractivity contribution >= 4 is 0 Å². The molecule has 0 aromatic carbocycles. The summed E-state index contributed by atoms with van der Waals surface area (Å²) in [6.45, 7) is 1.93. The highest BCUT2D eigenvalue weighted by Crippen LogP contribution is 2.37. The van der Waals surface area contributed by atoms with Crippen LogP contribution in [0.3, 0.4) is 0 Å². The summed E-state index contributed by atoms with van der Waals surface area (Å²) in [5.74, 6) is 0. The highest BCUT2D eigenvalue weighted by Gasteiger charge is 2.53. The van der Waals surface area contributed by atoms with E-state index >= 15 is 0 Å². The van der Waals surface area contributed by atoms with E-state index in [-0.39, 0.29) is 6.61 Å². The van der Waals surface area contributed by atoms with Crippen LogP contribution in [0.2, 0.25) is 0 Å². The third-order valence-corrected chi connectivity index (χ3v) is 3.17. The molecule has 1 rings (SSSR count). The van der Waals surface area contributed by atoms with Crippen LogP contribution in [0, 0.1) is 0 Å². The lowest BCUT2D eigenvalue weighted by Crippen LogP contribution is -2.67. The van der Waals surface area contributed by atoms with E-state index in [0.717, 1.165) is 12.8 Å². The SMILES string of the molecule is COCC1(C(C)(N)C(F)F)CCCCO1. The number of rotatable bonds is 4. The summed E-state index contributed by atoms with van der Waals surface area (Å²) in [5.41, 5.74) is 2.99. The molecule has 2 unspecified atom stereocenters. The Morgan fingerprint density at radius 1 is 1.53 bits per heavy atom. The van der Waals surface area contributed by atoms with Gasteiger partial charge in [-0.3, -0.25) is 0 Å². The molecule has 0 bridgehead atoms. The topological polar surface area (TPSA) is 44.5 Å². The molecular formula is C10H19F2NO2. The maximum absolute atomic E-state index is 12.9. The van der Waals surface area contributed by atoms with Crippen LogP contribution in [0.4, 0.5) is 8.78 Å². The average molecular weight is 223 g/mol. The lowest BCUT2D eigenvalue weighted by Gasteiger charge is -2.47. The molecule has 0 aliphatic carbocycles. The Hall–Kier alpha value is -0.260. The summed E-state index contributed by atoms with van der Waals surface area (Å²) in [7, 11) is 1.47. The minimum atomic E-state index is -2.62. The molecule has 90 valence electrons. The van der Waals surface area contributed by atoms with E-state index in [2.05, 4.69) is 0 Å². The third kappa shape index (κ3) is 2.29. The van der Waals surface area contributed by atoms with Gasteiger partial charge in [-0.1, -0.05) is 0 Å². The fraction of sp³-hybridized carbons (Fsp3) is 1.00. The van der Waals surface area contributed by atoms with Crippen LogP contribution in [-0.4, -0.2) is 37.9 Å². The van der Waals surface area contributed by atoms with E-state index in [4.69, 9.17) is 15.2 Å². The first-order valence-corrected chi connectivity index (χ1v) is 5.16. The molecule has 1 fully saturated rings. The fourth-order valence-corrected chi connectivity index (χ4v) is 1.98. The zero-order chi connectivity index (χ0) is 11.5. The van der Waals surface area contributed by atoms with Gasteiger partial charge in [-0.05, 0) is 26.2 Å². The van der Waals surface area contributed by atoms with Gasteiger partial charge in [-0.15, -0.1) is 0 Å². The summed E-state index contributed by atoms with van der Waals surface area (Å²) in [4.78, 5) is 0. The average Bonchev–Trinajstić information content (AvgIpc) is 2.19. The van der Waals surface area contributed by atoms with Crippen molar-refractivity contribution in [2.45, 2.75) is 43.8 Å². The van der Waals surface area contributed by atoms with Crippen LogP contribution in [-0.2, 0) is 9.47 Å². The van der Waals surface area contributed by atoms with Crippen molar-refractivity contribution in [1.29, 1.82) is 0 Å².